The maximum atomic E-state index is 12.8. The lowest BCUT2D eigenvalue weighted by Crippen LogP contribution is -2.40. The summed E-state index contributed by atoms with van der Waals surface area (Å²) in [6.07, 6.45) is 16.9. The van der Waals surface area contributed by atoms with Crippen molar-refractivity contribution in [2.45, 2.75) is 13.3 Å². The van der Waals surface area contributed by atoms with Crippen LogP contribution in [0.3, 0.4) is 0 Å². The van der Waals surface area contributed by atoms with E-state index in [0.717, 1.165) is 17.7 Å². The van der Waals surface area contributed by atoms with Crippen molar-refractivity contribution < 1.29 is 9.59 Å². The number of carbonyl (C=O) groups excluding carboxylic acids is 2. The van der Waals surface area contributed by atoms with E-state index in [2.05, 4.69) is 12.2 Å². The first-order chi connectivity index (χ1) is 10.5. The maximum Gasteiger partial charge on any atom is 0.234 e. The summed E-state index contributed by atoms with van der Waals surface area (Å²) in [6, 6.07) is 0. The van der Waals surface area contributed by atoms with Gasteiger partial charge >= 0.3 is 0 Å². The topological polar surface area (TPSA) is 63.4 Å². The molecule has 2 aliphatic carbocycles. The van der Waals surface area contributed by atoms with E-state index in [9.17, 15) is 9.59 Å². The second-order valence-electron chi connectivity index (χ2n) is 6.11. The molecular formula is C18H20N2O2. The number of nitrogens with zero attached hydrogens (tertiary/aromatic N) is 1. The lowest BCUT2D eigenvalue weighted by atomic mass is 9.69. The Hall–Kier alpha value is -2.36. The van der Waals surface area contributed by atoms with Crippen molar-refractivity contribution in [1.29, 1.82) is 0 Å². The molecule has 1 spiro atoms. The number of allylic oxidation sites excluding steroid dienone is 7. The minimum Gasteiger partial charge on any atom is -0.369 e. The van der Waals surface area contributed by atoms with Gasteiger partial charge in [-0.2, -0.15) is 0 Å². The second kappa shape index (κ2) is 5.13. The highest BCUT2D eigenvalue weighted by molar-refractivity contribution is 5.90. The van der Waals surface area contributed by atoms with Crippen molar-refractivity contribution in [1.82, 2.24) is 4.90 Å². The van der Waals surface area contributed by atoms with Crippen LogP contribution in [-0.2, 0) is 9.59 Å². The van der Waals surface area contributed by atoms with Crippen molar-refractivity contribution in [3.8, 4) is 0 Å². The number of primary amides is 1. The predicted octanol–water partition coefficient (Wildman–Crippen LogP) is 2.08. The van der Waals surface area contributed by atoms with E-state index in [4.69, 9.17) is 5.73 Å². The van der Waals surface area contributed by atoms with Crippen LogP contribution in [0.25, 0.3) is 0 Å². The van der Waals surface area contributed by atoms with Crippen molar-refractivity contribution in [3.63, 3.8) is 0 Å². The Balaban J connectivity index is 2.18. The van der Waals surface area contributed by atoms with Gasteiger partial charge in [0.25, 0.3) is 0 Å². The molecule has 0 saturated carbocycles. The van der Waals surface area contributed by atoms with Crippen LogP contribution in [-0.4, -0.2) is 23.8 Å². The summed E-state index contributed by atoms with van der Waals surface area (Å²) in [5, 5.41) is 0. The summed E-state index contributed by atoms with van der Waals surface area (Å²) in [4.78, 5) is 26.1. The molecule has 22 heavy (non-hydrogen) atoms. The molecule has 3 rings (SSSR count). The quantitative estimate of drug-likeness (QED) is 0.848. The van der Waals surface area contributed by atoms with E-state index in [1.807, 2.05) is 36.5 Å². The van der Waals surface area contributed by atoms with Crippen LogP contribution >= 0.6 is 0 Å². The molecule has 114 valence electrons. The number of carbonyl (C=O) groups is 2. The molecular weight excluding hydrogens is 276 g/mol. The van der Waals surface area contributed by atoms with E-state index < -0.39 is 17.7 Å². The first-order valence-corrected chi connectivity index (χ1v) is 7.50. The molecule has 2 unspecified atom stereocenters. The Morgan fingerprint density at radius 1 is 1.41 bits per heavy atom. The van der Waals surface area contributed by atoms with E-state index in [0.29, 0.717) is 0 Å². The summed E-state index contributed by atoms with van der Waals surface area (Å²) in [5.41, 5.74) is 7.13. The average molecular weight is 296 g/mol. The van der Waals surface area contributed by atoms with Crippen LogP contribution in [0.1, 0.15) is 13.3 Å². The monoisotopic (exact) mass is 296 g/mol. The molecule has 2 amide bonds. The lowest BCUT2D eigenvalue weighted by Gasteiger charge is -2.39. The fourth-order valence-electron chi connectivity index (χ4n) is 3.47. The van der Waals surface area contributed by atoms with Crippen LogP contribution < -0.4 is 5.73 Å². The molecule has 0 aromatic rings. The van der Waals surface area contributed by atoms with Gasteiger partial charge in [0.2, 0.25) is 11.8 Å². The van der Waals surface area contributed by atoms with Crippen molar-refractivity contribution >= 4 is 11.8 Å². The first-order valence-electron chi connectivity index (χ1n) is 7.50. The van der Waals surface area contributed by atoms with Gasteiger partial charge in [0.1, 0.15) is 0 Å². The largest absolute Gasteiger partial charge is 0.369 e. The minimum atomic E-state index is -0.535. The fraction of sp³-hybridized carbons (Fsp3) is 0.333. The number of hydrogen-bond donors (Lipinski definition) is 1. The third-order valence-electron chi connectivity index (χ3n) is 4.89. The van der Waals surface area contributed by atoms with Gasteiger partial charge in [-0.25, -0.2) is 0 Å². The van der Waals surface area contributed by atoms with Gasteiger partial charge in [0, 0.05) is 18.7 Å². The first kappa shape index (κ1) is 14.6. The van der Waals surface area contributed by atoms with Gasteiger partial charge < -0.3 is 10.6 Å². The molecule has 0 fully saturated rings. The summed E-state index contributed by atoms with van der Waals surface area (Å²) in [5.74, 6) is -1.61. The third kappa shape index (κ3) is 1.98. The Kier molecular flexibility index (Phi) is 3.39. The molecule has 1 aliphatic heterocycles. The van der Waals surface area contributed by atoms with Gasteiger partial charge in [-0.05, 0) is 18.1 Å². The highest BCUT2D eigenvalue weighted by Gasteiger charge is 2.44. The summed E-state index contributed by atoms with van der Waals surface area (Å²) in [6.45, 7) is 1.71. The van der Waals surface area contributed by atoms with Crippen LogP contribution in [0.5, 0.6) is 0 Å². The second-order valence-corrected chi connectivity index (χ2v) is 6.11. The van der Waals surface area contributed by atoms with E-state index in [1.54, 1.807) is 18.9 Å². The van der Waals surface area contributed by atoms with Gasteiger partial charge in [-0.3, -0.25) is 9.59 Å². The van der Waals surface area contributed by atoms with Crippen LogP contribution in [0.4, 0.5) is 0 Å². The number of hydrogen-bond acceptors (Lipinski definition) is 2. The van der Waals surface area contributed by atoms with Gasteiger partial charge in [0.05, 0.1) is 11.3 Å². The fourth-order valence-corrected chi connectivity index (χ4v) is 3.47. The van der Waals surface area contributed by atoms with E-state index >= 15 is 0 Å². The average Bonchev–Trinajstić information content (AvgIpc) is 2.61. The molecule has 0 aromatic carbocycles. The van der Waals surface area contributed by atoms with Gasteiger partial charge in [0.15, 0.2) is 0 Å². The zero-order valence-corrected chi connectivity index (χ0v) is 12.8. The summed E-state index contributed by atoms with van der Waals surface area (Å²) in [7, 11) is 1.78. The van der Waals surface area contributed by atoms with Crippen LogP contribution in [0.2, 0.25) is 0 Å². The zero-order chi connectivity index (χ0) is 15.9. The van der Waals surface area contributed by atoms with E-state index in [1.165, 1.54) is 0 Å². The Bertz CT molecular complexity index is 681. The molecule has 0 saturated heterocycles. The molecule has 1 heterocycles. The highest BCUT2D eigenvalue weighted by atomic mass is 16.2. The van der Waals surface area contributed by atoms with Crippen molar-refractivity contribution in [2.75, 3.05) is 7.05 Å². The molecule has 4 nitrogen and oxygen atoms in total. The molecule has 3 atom stereocenters. The molecule has 2 N–H and O–H groups in total. The van der Waals surface area contributed by atoms with Crippen molar-refractivity contribution in [2.24, 2.45) is 23.0 Å². The van der Waals surface area contributed by atoms with Crippen LogP contribution in [0.15, 0.2) is 59.9 Å². The summed E-state index contributed by atoms with van der Waals surface area (Å²) >= 11 is 0. The smallest absolute Gasteiger partial charge is 0.234 e. The van der Waals surface area contributed by atoms with Gasteiger partial charge in [-0.15, -0.1) is 0 Å². The SMILES string of the molecule is CC(C(N)=O)[C@@H]1C=C2C=CC=CC23CC=CC=C3N(C)C1=O. The number of amides is 2. The summed E-state index contributed by atoms with van der Waals surface area (Å²) < 4.78 is 0. The highest BCUT2D eigenvalue weighted by Crippen LogP contribution is 2.49. The van der Waals surface area contributed by atoms with Crippen LogP contribution in [0, 0.1) is 17.3 Å². The molecule has 0 radical (unpaired) electrons. The zero-order valence-electron chi connectivity index (χ0n) is 12.8. The minimum absolute atomic E-state index is 0.0871. The standard InChI is InChI=1S/C18H20N2O2/c1-12(16(19)21)14-11-13-7-3-5-9-18(13)10-6-4-8-15(18)20(2)17(14)22/h3-9,11-12,14H,10H2,1-2H3,(H2,19,21)/t12?,14-,18?/m0/s1. The lowest BCUT2D eigenvalue weighted by molar-refractivity contribution is -0.136. The predicted molar refractivity (Wildman–Crippen MR) is 85.3 cm³/mol. The molecule has 0 bridgehead atoms. The normalized spacial score (nSPS) is 30.9. The molecule has 3 aliphatic rings. The Morgan fingerprint density at radius 3 is 2.91 bits per heavy atom. The Morgan fingerprint density at radius 2 is 2.18 bits per heavy atom. The van der Waals surface area contributed by atoms with Gasteiger partial charge in [-0.1, -0.05) is 49.5 Å². The third-order valence-corrected chi connectivity index (χ3v) is 4.89. The Labute approximate surface area is 130 Å². The number of nitrogens with two attached hydrogens (primary N) is 1. The van der Waals surface area contributed by atoms with Crippen molar-refractivity contribution in [3.05, 3.63) is 59.9 Å². The molecule has 4 heteroatoms. The maximum absolute atomic E-state index is 12.8. The molecule has 0 aromatic heterocycles. The number of rotatable bonds is 2. The van der Waals surface area contributed by atoms with E-state index in [-0.39, 0.29) is 11.3 Å².